The van der Waals surface area contributed by atoms with Crippen molar-refractivity contribution in [3.05, 3.63) is 29.8 Å². The molecule has 1 aromatic rings. The number of likely N-dealkylation sites (tertiary alicyclic amines) is 1. The van der Waals surface area contributed by atoms with E-state index in [9.17, 15) is 4.79 Å². The maximum absolute atomic E-state index is 11.7. The number of carbonyl (C=O) groups excluding carboxylic acids is 1. The molecule has 1 aliphatic heterocycles. The molecule has 2 rings (SSSR count). The minimum atomic E-state index is -0.0120. The normalized spacial score (nSPS) is 15.5. The van der Waals surface area contributed by atoms with Crippen LogP contribution in [-0.2, 0) is 4.79 Å². The zero-order chi connectivity index (χ0) is 12.1. The molecule has 1 aliphatic rings. The van der Waals surface area contributed by atoms with Crippen LogP contribution in [0.4, 0.5) is 5.69 Å². The Bertz CT molecular complexity index is 444. The average Bonchev–Trinajstić information content (AvgIpc) is 2.82. The first-order chi connectivity index (χ1) is 8.28. The summed E-state index contributed by atoms with van der Waals surface area (Å²) >= 11 is 0. The number of nitriles is 1. The molecule has 1 aromatic carbocycles. The molecular formula is C13H15N3O. The summed E-state index contributed by atoms with van der Waals surface area (Å²) in [5.41, 5.74) is 1.25. The highest BCUT2D eigenvalue weighted by Crippen LogP contribution is 2.11. The molecule has 4 heteroatoms. The van der Waals surface area contributed by atoms with E-state index in [0.717, 1.165) is 13.1 Å². The van der Waals surface area contributed by atoms with Gasteiger partial charge in [-0.3, -0.25) is 9.69 Å². The maximum atomic E-state index is 11.7. The Balaban J connectivity index is 1.91. The summed E-state index contributed by atoms with van der Waals surface area (Å²) in [5, 5.41) is 11.6. The molecule has 0 spiro atoms. The second-order valence-corrected chi connectivity index (χ2v) is 4.22. The van der Waals surface area contributed by atoms with Crippen LogP contribution in [0, 0.1) is 11.3 Å². The number of rotatable bonds is 3. The number of nitrogens with one attached hydrogen (secondary N) is 1. The Morgan fingerprint density at radius 3 is 2.88 bits per heavy atom. The molecule has 0 saturated carbocycles. The predicted octanol–water partition coefficient (Wildman–Crippen LogP) is 1.59. The molecule has 0 aliphatic carbocycles. The van der Waals surface area contributed by atoms with E-state index in [0.29, 0.717) is 17.8 Å². The number of hydrogen-bond donors (Lipinski definition) is 1. The first-order valence-electron chi connectivity index (χ1n) is 5.80. The zero-order valence-corrected chi connectivity index (χ0v) is 9.65. The van der Waals surface area contributed by atoms with Crippen LogP contribution in [0.2, 0.25) is 0 Å². The van der Waals surface area contributed by atoms with Crippen molar-refractivity contribution in [2.75, 3.05) is 25.0 Å². The van der Waals surface area contributed by atoms with E-state index in [1.54, 1.807) is 24.3 Å². The van der Waals surface area contributed by atoms with E-state index in [2.05, 4.69) is 16.3 Å². The molecule has 0 aromatic heterocycles. The van der Waals surface area contributed by atoms with E-state index < -0.39 is 0 Å². The molecule has 0 radical (unpaired) electrons. The van der Waals surface area contributed by atoms with E-state index in [-0.39, 0.29) is 5.91 Å². The van der Waals surface area contributed by atoms with Gasteiger partial charge in [0, 0.05) is 5.69 Å². The summed E-state index contributed by atoms with van der Waals surface area (Å²) in [7, 11) is 0. The van der Waals surface area contributed by atoms with E-state index >= 15 is 0 Å². The van der Waals surface area contributed by atoms with Crippen LogP contribution in [0.15, 0.2) is 24.3 Å². The third-order valence-corrected chi connectivity index (χ3v) is 2.84. The Hall–Kier alpha value is -1.86. The topological polar surface area (TPSA) is 56.1 Å². The first-order valence-corrected chi connectivity index (χ1v) is 5.80. The molecule has 1 amide bonds. The van der Waals surface area contributed by atoms with Gasteiger partial charge in [0.1, 0.15) is 0 Å². The third-order valence-electron chi connectivity index (χ3n) is 2.84. The lowest BCUT2D eigenvalue weighted by molar-refractivity contribution is -0.117. The van der Waals surface area contributed by atoms with Crippen molar-refractivity contribution in [1.82, 2.24) is 4.90 Å². The highest BCUT2D eigenvalue weighted by atomic mass is 16.2. The van der Waals surface area contributed by atoms with Crippen molar-refractivity contribution < 1.29 is 4.79 Å². The van der Waals surface area contributed by atoms with Gasteiger partial charge in [0.15, 0.2) is 0 Å². The highest BCUT2D eigenvalue weighted by Gasteiger charge is 2.14. The van der Waals surface area contributed by atoms with E-state index in [4.69, 9.17) is 5.26 Å². The quantitative estimate of drug-likeness (QED) is 0.856. The van der Waals surface area contributed by atoms with Crippen LogP contribution >= 0.6 is 0 Å². The number of amides is 1. The molecule has 4 nitrogen and oxygen atoms in total. The van der Waals surface area contributed by atoms with Gasteiger partial charge >= 0.3 is 0 Å². The molecule has 88 valence electrons. The van der Waals surface area contributed by atoms with E-state index in [1.165, 1.54) is 12.8 Å². The number of carbonyl (C=O) groups is 1. The highest BCUT2D eigenvalue weighted by molar-refractivity contribution is 5.92. The maximum Gasteiger partial charge on any atom is 0.238 e. The smallest absolute Gasteiger partial charge is 0.238 e. The zero-order valence-electron chi connectivity index (χ0n) is 9.65. The van der Waals surface area contributed by atoms with Gasteiger partial charge < -0.3 is 5.32 Å². The Labute approximate surface area is 101 Å². The summed E-state index contributed by atoms with van der Waals surface area (Å²) in [6.45, 7) is 2.45. The van der Waals surface area contributed by atoms with Crippen LogP contribution in [-0.4, -0.2) is 30.4 Å². The van der Waals surface area contributed by atoms with Gasteiger partial charge in [0.2, 0.25) is 5.91 Å². The van der Waals surface area contributed by atoms with Crippen molar-refractivity contribution in [2.45, 2.75) is 12.8 Å². The second kappa shape index (κ2) is 5.46. The molecule has 1 heterocycles. The Kier molecular flexibility index (Phi) is 3.73. The first kappa shape index (κ1) is 11.6. The average molecular weight is 229 g/mol. The minimum absolute atomic E-state index is 0.0120. The van der Waals surface area contributed by atoms with Gasteiger partial charge in [0.25, 0.3) is 0 Å². The molecule has 1 N–H and O–H groups in total. The number of anilines is 1. The van der Waals surface area contributed by atoms with Gasteiger partial charge in [-0.05, 0) is 44.1 Å². The lowest BCUT2D eigenvalue weighted by Crippen LogP contribution is -2.30. The van der Waals surface area contributed by atoms with Gasteiger partial charge in [-0.15, -0.1) is 0 Å². The van der Waals surface area contributed by atoms with Crippen molar-refractivity contribution in [1.29, 1.82) is 5.26 Å². The van der Waals surface area contributed by atoms with Crippen LogP contribution in [0.25, 0.3) is 0 Å². The molecule has 0 bridgehead atoms. The Morgan fingerprint density at radius 2 is 2.18 bits per heavy atom. The van der Waals surface area contributed by atoms with E-state index in [1.807, 2.05) is 0 Å². The van der Waals surface area contributed by atoms with Crippen molar-refractivity contribution >= 4 is 11.6 Å². The standard InChI is InChI=1S/C13H15N3O/c14-9-11-4-3-5-12(8-11)15-13(17)10-16-6-1-2-7-16/h3-5,8H,1-2,6-7,10H2,(H,15,17). The van der Waals surface area contributed by atoms with Gasteiger partial charge in [-0.1, -0.05) is 6.07 Å². The molecule has 17 heavy (non-hydrogen) atoms. The Morgan fingerprint density at radius 1 is 1.41 bits per heavy atom. The molecule has 0 atom stereocenters. The summed E-state index contributed by atoms with van der Waals surface area (Å²) in [4.78, 5) is 13.9. The van der Waals surface area contributed by atoms with Gasteiger partial charge in [-0.2, -0.15) is 5.26 Å². The number of benzene rings is 1. The van der Waals surface area contributed by atoms with Crippen molar-refractivity contribution in [3.63, 3.8) is 0 Å². The van der Waals surface area contributed by atoms with Crippen molar-refractivity contribution in [2.24, 2.45) is 0 Å². The lowest BCUT2D eigenvalue weighted by atomic mass is 10.2. The SMILES string of the molecule is N#Cc1cccc(NC(=O)CN2CCCC2)c1. The van der Waals surface area contributed by atoms with Crippen LogP contribution in [0.5, 0.6) is 0 Å². The number of hydrogen-bond acceptors (Lipinski definition) is 3. The van der Waals surface area contributed by atoms with Crippen LogP contribution in [0.3, 0.4) is 0 Å². The fraction of sp³-hybridized carbons (Fsp3) is 0.385. The van der Waals surface area contributed by atoms with Crippen LogP contribution < -0.4 is 5.32 Å². The van der Waals surface area contributed by atoms with Crippen molar-refractivity contribution in [3.8, 4) is 6.07 Å². The lowest BCUT2D eigenvalue weighted by Gasteiger charge is -2.14. The fourth-order valence-corrected chi connectivity index (χ4v) is 2.01. The summed E-state index contributed by atoms with van der Waals surface area (Å²) in [5.74, 6) is -0.0120. The van der Waals surface area contributed by atoms with Crippen LogP contribution in [0.1, 0.15) is 18.4 Å². The fourth-order valence-electron chi connectivity index (χ4n) is 2.01. The second-order valence-electron chi connectivity index (χ2n) is 4.22. The minimum Gasteiger partial charge on any atom is -0.325 e. The van der Waals surface area contributed by atoms with Gasteiger partial charge in [-0.25, -0.2) is 0 Å². The monoisotopic (exact) mass is 229 g/mol. The molecule has 0 unspecified atom stereocenters. The summed E-state index contributed by atoms with van der Waals surface area (Å²) in [6, 6.07) is 9.02. The molecule has 1 saturated heterocycles. The third kappa shape index (κ3) is 3.30. The van der Waals surface area contributed by atoms with Gasteiger partial charge in [0.05, 0.1) is 18.2 Å². The molecule has 1 fully saturated rings. The predicted molar refractivity (Wildman–Crippen MR) is 65.5 cm³/mol. The summed E-state index contributed by atoms with van der Waals surface area (Å²) in [6.07, 6.45) is 2.36. The summed E-state index contributed by atoms with van der Waals surface area (Å²) < 4.78 is 0. The largest absolute Gasteiger partial charge is 0.325 e. The molecular weight excluding hydrogens is 214 g/mol. The number of nitrogens with zero attached hydrogens (tertiary/aromatic N) is 2.